The van der Waals surface area contributed by atoms with E-state index in [1.807, 2.05) is 85.7 Å². The van der Waals surface area contributed by atoms with Crippen LogP contribution in [0.15, 0.2) is 97.1 Å². The van der Waals surface area contributed by atoms with E-state index in [2.05, 4.69) is 10.6 Å². The Bertz CT molecular complexity index is 1720. The summed E-state index contributed by atoms with van der Waals surface area (Å²) in [5.74, 6) is -0.437. The van der Waals surface area contributed by atoms with Crippen molar-refractivity contribution in [3.8, 4) is 5.75 Å². The molecule has 2 amide bonds. The zero-order valence-corrected chi connectivity index (χ0v) is 25.1. The minimum absolute atomic E-state index is 0.169. The maximum atomic E-state index is 13.7. The molecule has 9 heteroatoms. The smallest absolute Gasteiger partial charge is 0.337 e. The van der Waals surface area contributed by atoms with Crippen LogP contribution in [0.3, 0.4) is 0 Å². The Morgan fingerprint density at radius 2 is 1.52 bits per heavy atom. The third kappa shape index (κ3) is 6.33. The zero-order valence-electron chi connectivity index (χ0n) is 25.1. The van der Waals surface area contributed by atoms with Crippen LogP contribution in [0.5, 0.6) is 5.75 Å². The van der Waals surface area contributed by atoms with Crippen molar-refractivity contribution >= 4 is 46.1 Å². The van der Waals surface area contributed by atoms with E-state index in [4.69, 9.17) is 9.47 Å². The molecule has 0 aliphatic carbocycles. The van der Waals surface area contributed by atoms with Crippen LogP contribution in [0, 0.1) is 0 Å². The molecule has 0 unspecified atom stereocenters. The van der Waals surface area contributed by atoms with Gasteiger partial charge >= 0.3 is 5.97 Å². The molecule has 5 rings (SSSR count). The number of ether oxygens (including phenoxy) is 2. The van der Waals surface area contributed by atoms with Gasteiger partial charge in [-0.1, -0.05) is 42.5 Å². The summed E-state index contributed by atoms with van der Waals surface area (Å²) in [4.78, 5) is 43.1. The van der Waals surface area contributed by atoms with Crippen LogP contribution < -0.4 is 20.3 Å². The summed E-state index contributed by atoms with van der Waals surface area (Å²) in [6, 6.07) is 29.2. The van der Waals surface area contributed by atoms with Gasteiger partial charge in [-0.05, 0) is 74.3 Å². The number of nitrogens with zero attached hydrogens (tertiary/aromatic N) is 2. The highest BCUT2D eigenvalue weighted by atomic mass is 16.5. The van der Waals surface area contributed by atoms with Gasteiger partial charge in [-0.2, -0.15) is 0 Å². The molecule has 0 radical (unpaired) electrons. The van der Waals surface area contributed by atoms with E-state index in [-0.39, 0.29) is 11.8 Å². The lowest BCUT2D eigenvalue weighted by molar-refractivity contribution is -0.110. The van der Waals surface area contributed by atoms with Crippen molar-refractivity contribution in [2.24, 2.45) is 0 Å². The number of carbonyl (C=O) groups excluding carboxylic acids is 3. The van der Waals surface area contributed by atoms with Gasteiger partial charge in [0.05, 0.1) is 36.6 Å². The first-order chi connectivity index (χ1) is 21.3. The summed E-state index contributed by atoms with van der Waals surface area (Å²) in [6.45, 7) is 1.13. The fraction of sp³-hybridized carbons (Fsp3) is 0.171. The second-order valence-electron chi connectivity index (χ2n) is 10.5. The molecule has 0 fully saturated rings. The predicted molar refractivity (Wildman–Crippen MR) is 173 cm³/mol. The maximum absolute atomic E-state index is 13.7. The lowest BCUT2D eigenvalue weighted by Gasteiger charge is -2.26. The number of esters is 1. The second-order valence-corrected chi connectivity index (χ2v) is 10.5. The number of amides is 2. The largest absolute Gasteiger partial charge is 0.496 e. The van der Waals surface area contributed by atoms with Gasteiger partial charge in [0.1, 0.15) is 5.75 Å². The average Bonchev–Trinajstić information content (AvgIpc) is 3.38. The normalized spacial score (nSPS) is 13.2. The van der Waals surface area contributed by atoms with Gasteiger partial charge in [0.15, 0.2) is 0 Å². The highest BCUT2D eigenvalue weighted by Gasteiger charge is 2.30. The van der Waals surface area contributed by atoms with Crippen molar-refractivity contribution in [2.75, 3.05) is 56.9 Å². The molecule has 0 spiro atoms. The zero-order chi connectivity index (χ0) is 31.2. The first-order valence-electron chi connectivity index (χ1n) is 14.1. The number of rotatable bonds is 10. The Balaban J connectivity index is 1.53. The number of hydrogen-bond donors (Lipinski definition) is 2. The molecular weight excluding hydrogens is 556 g/mol. The molecule has 0 saturated heterocycles. The minimum Gasteiger partial charge on any atom is -0.496 e. The summed E-state index contributed by atoms with van der Waals surface area (Å²) in [7, 11) is 6.79. The summed E-state index contributed by atoms with van der Waals surface area (Å²) in [6.07, 6.45) is 0. The van der Waals surface area contributed by atoms with Gasteiger partial charge < -0.3 is 29.9 Å². The van der Waals surface area contributed by atoms with Crippen molar-refractivity contribution in [1.29, 1.82) is 0 Å². The minimum atomic E-state index is -0.488. The fourth-order valence-electron chi connectivity index (χ4n) is 5.03. The fourth-order valence-corrected chi connectivity index (χ4v) is 5.03. The monoisotopic (exact) mass is 590 g/mol. The molecule has 4 aromatic carbocycles. The first kappa shape index (κ1) is 30.1. The Labute approximate surface area is 256 Å². The third-order valence-electron chi connectivity index (χ3n) is 7.30. The van der Waals surface area contributed by atoms with E-state index >= 15 is 0 Å². The van der Waals surface area contributed by atoms with E-state index < -0.39 is 5.97 Å². The van der Waals surface area contributed by atoms with Gasteiger partial charge in [-0.3, -0.25) is 9.59 Å². The van der Waals surface area contributed by atoms with Crippen molar-refractivity contribution in [1.82, 2.24) is 4.90 Å². The van der Waals surface area contributed by atoms with Gasteiger partial charge in [-0.25, -0.2) is 4.79 Å². The number of carbonyl (C=O) groups is 3. The van der Waals surface area contributed by atoms with E-state index in [1.54, 1.807) is 42.3 Å². The molecule has 1 aliphatic heterocycles. The van der Waals surface area contributed by atoms with Crippen LogP contribution in [-0.4, -0.2) is 64.1 Å². The topological polar surface area (TPSA) is 100 Å². The van der Waals surface area contributed by atoms with E-state index in [0.717, 1.165) is 5.56 Å². The number of likely N-dealkylation sites (N-methyl/N-ethyl adjacent to an activating group) is 1. The summed E-state index contributed by atoms with van der Waals surface area (Å²) < 4.78 is 10.4. The molecule has 9 nitrogen and oxygen atoms in total. The van der Waals surface area contributed by atoms with Gasteiger partial charge in [-0.15, -0.1) is 0 Å². The van der Waals surface area contributed by atoms with Crippen molar-refractivity contribution in [3.05, 3.63) is 119 Å². The average molecular weight is 591 g/mol. The molecular formula is C35H34N4O5. The Morgan fingerprint density at radius 3 is 2.20 bits per heavy atom. The number of hydrogen-bond acceptors (Lipinski definition) is 7. The molecule has 0 bridgehead atoms. The number of methoxy groups -OCH3 is 2. The Hall–Kier alpha value is -5.41. The molecule has 1 heterocycles. The summed E-state index contributed by atoms with van der Waals surface area (Å²) in [5, 5.41) is 6.34. The maximum Gasteiger partial charge on any atom is 0.337 e. The number of fused-ring (bicyclic) bond motifs is 1. The van der Waals surface area contributed by atoms with Crippen LogP contribution in [0.25, 0.3) is 11.3 Å². The first-order valence-corrected chi connectivity index (χ1v) is 14.1. The molecule has 224 valence electrons. The van der Waals surface area contributed by atoms with Gasteiger partial charge in [0, 0.05) is 35.7 Å². The summed E-state index contributed by atoms with van der Waals surface area (Å²) >= 11 is 0. The van der Waals surface area contributed by atoms with Crippen LogP contribution in [-0.2, 0) is 9.53 Å². The summed E-state index contributed by atoms with van der Waals surface area (Å²) in [5.41, 5.74) is 5.21. The second kappa shape index (κ2) is 13.3. The standard InChI is InChI=1S/C35H34N4O5/c1-38(2)20-21-39(34(41)27-12-8-9-13-30(27)43-3)26-17-15-25(16-18-26)36-32(23-10-6-5-7-11-23)31-28-22-24(35(42)44-4)14-19-29(28)37-33(31)40/h5-19,22,36H,20-21H2,1-4H3,(H,37,40)/b32-31-. The van der Waals surface area contributed by atoms with Crippen molar-refractivity contribution in [2.45, 2.75) is 0 Å². The van der Waals surface area contributed by atoms with Crippen molar-refractivity contribution < 1.29 is 23.9 Å². The van der Waals surface area contributed by atoms with Crippen LogP contribution >= 0.6 is 0 Å². The highest BCUT2D eigenvalue weighted by molar-refractivity contribution is 6.37. The molecule has 2 N–H and O–H groups in total. The van der Waals surface area contributed by atoms with E-state index in [0.29, 0.717) is 63.9 Å². The predicted octanol–water partition coefficient (Wildman–Crippen LogP) is 5.62. The van der Waals surface area contributed by atoms with E-state index in [9.17, 15) is 14.4 Å². The van der Waals surface area contributed by atoms with Crippen LogP contribution in [0.4, 0.5) is 17.1 Å². The lowest BCUT2D eigenvalue weighted by atomic mass is 9.98. The van der Waals surface area contributed by atoms with Crippen LogP contribution in [0.2, 0.25) is 0 Å². The number of nitrogens with one attached hydrogen (secondary N) is 2. The Kier molecular flexibility index (Phi) is 9.06. The number of para-hydroxylation sites is 1. The van der Waals surface area contributed by atoms with E-state index in [1.165, 1.54) is 7.11 Å². The number of benzene rings is 4. The lowest BCUT2D eigenvalue weighted by Crippen LogP contribution is -2.37. The van der Waals surface area contributed by atoms with Crippen LogP contribution in [0.1, 0.15) is 31.8 Å². The molecule has 0 aromatic heterocycles. The molecule has 4 aromatic rings. The quantitative estimate of drug-likeness (QED) is 0.183. The molecule has 44 heavy (non-hydrogen) atoms. The van der Waals surface area contributed by atoms with Crippen molar-refractivity contribution in [3.63, 3.8) is 0 Å². The third-order valence-corrected chi connectivity index (χ3v) is 7.30. The van der Waals surface area contributed by atoms with Gasteiger partial charge in [0.25, 0.3) is 11.8 Å². The van der Waals surface area contributed by atoms with Gasteiger partial charge in [0.2, 0.25) is 0 Å². The highest BCUT2D eigenvalue weighted by Crippen LogP contribution is 2.38. The Morgan fingerprint density at radius 1 is 0.818 bits per heavy atom. The number of anilines is 3. The molecule has 1 aliphatic rings. The molecule has 0 atom stereocenters. The molecule has 0 saturated carbocycles. The SMILES string of the molecule is COC(=O)c1ccc2c(c1)/C(=C(/Nc1ccc(N(CCN(C)C)C(=O)c3ccccc3OC)cc1)c1ccccc1)C(=O)N2.